The molecule has 0 spiro atoms. The number of halogens is 4. The maximum Gasteiger partial charge on any atom is 0.407 e. The van der Waals surface area contributed by atoms with Gasteiger partial charge in [-0.05, 0) is 0 Å². The van der Waals surface area contributed by atoms with E-state index in [1.54, 1.807) is 0 Å². The first kappa shape index (κ1) is 12.6. The zero-order valence-corrected chi connectivity index (χ0v) is 8.61. The van der Waals surface area contributed by atoms with Gasteiger partial charge < -0.3 is 10.1 Å². The number of rotatable bonds is 1. The first-order valence-electron chi connectivity index (χ1n) is 4.15. The van der Waals surface area contributed by atoms with E-state index < -0.39 is 29.6 Å². The van der Waals surface area contributed by atoms with Gasteiger partial charge in [-0.25, -0.2) is 18.0 Å². The van der Waals surface area contributed by atoms with Crippen molar-refractivity contribution in [2.24, 2.45) is 0 Å². The Bertz CT molecular complexity index is 404. The van der Waals surface area contributed by atoms with E-state index in [1.807, 2.05) is 0 Å². The van der Waals surface area contributed by atoms with Crippen molar-refractivity contribution in [2.75, 3.05) is 6.61 Å². The third-order valence-electron chi connectivity index (χ3n) is 2.07. The minimum atomic E-state index is -1.04. The minimum Gasteiger partial charge on any atom is -0.447 e. The van der Waals surface area contributed by atoms with Crippen molar-refractivity contribution in [2.45, 2.75) is 6.04 Å². The molecule has 2 rings (SSSR count). The van der Waals surface area contributed by atoms with Crippen LogP contribution >= 0.6 is 12.4 Å². The molecule has 16 heavy (non-hydrogen) atoms. The molecule has 1 aromatic carbocycles. The molecule has 88 valence electrons. The summed E-state index contributed by atoms with van der Waals surface area (Å²) in [5, 5.41) is 2.21. The molecule has 1 N–H and O–H groups in total. The van der Waals surface area contributed by atoms with Gasteiger partial charge in [-0.2, -0.15) is 0 Å². The highest BCUT2D eigenvalue weighted by atomic mass is 35.5. The van der Waals surface area contributed by atoms with Gasteiger partial charge in [0, 0.05) is 17.7 Å². The lowest BCUT2D eigenvalue weighted by Gasteiger charge is -2.09. The number of cyclic esters (lactones) is 1. The van der Waals surface area contributed by atoms with E-state index in [0.29, 0.717) is 12.1 Å². The average Bonchev–Trinajstić information content (AvgIpc) is 2.49. The van der Waals surface area contributed by atoms with Gasteiger partial charge in [-0.15, -0.1) is 12.4 Å². The van der Waals surface area contributed by atoms with Crippen molar-refractivity contribution in [1.29, 1.82) is 0 Å². The number of ether oxygens (including phenoxy) is 1. The van der Waals surface area contributed by atoms with E-state index in [9.17, 15) is 18.0 Å². The van der Waals surface area contributed by atoms with Crippen LogP contribution in [-0.2, 0) is 4.74 Å². The normalized spacial score (nSPS) is 18.7. The van der Waals surface area contributed by atoms with Crippen LogP contribution in [0.5, 0.6) is 0 Å². The van der Waals surface area contributed by atoms with Crippen molar-refractivity contribution in [3.63, 3.8) is 0 Å². The van der Waals surface area contributed by atoms with E-state index in [2.05, 4.69) is 10.1 Å². The largest absolute Gasteiger partial charge is 0.447 e. The summed E-state index contributed by atoms with van der Waals surface area (Å²) >= 11 is 0. The van der Waals surface area contributed by atoms with Crippen LogP contribution in [0, 0.1) is 17.5 Å². The summed E-state index contributed by atoms with van der Waals surface area (Å²) in [4.78, 5) is 10.7. The SMILES string of the molecule is Cl.O=C1N[C@H](c2c(F)cc(F)cc2F)CO1. The first-order chi connectivity index (χ1) is 7.08. The number of benzene rings is 1. The van der Waals surface area contributed by atoms with Crippen LogP contribution < -0.4 is 5.32 Å². The highest BCUT2D eigenvalue weighted by molar-refractivity contribution is 5.85. The predicted octanol–water partition coefficient (Wildman–Crippen LogP) is 2.31. The fraction of sp³-hybridized carbons (Fsp3) is 0.222. The zero-order chi connectivity index (χ0) is 11.0. The van der Waals surface area contributed by atoms with Gasteiger partial charge in [0.15, 0.2) is 0 Å². The lowest BCUT2D eigenvalue weighted by molar-refractivity contribution is 0.176. The summed E-state index contributed by atoms with van der Waals surface area (Å²) in [7, 11) is 0. The quantitative estimate of drug-likeness (QED) is 0.834. The average molecular weight is 254 g/mol. The summed E-state index contributed by atoms with van der Waals surface area (Å²) in [5.74, 6) is -3.08. The van der Waals surface area contributed by atoms with Crippen LogP contribution in [0.2, 0.25) is 0 Å². The smallest absolute Gasteiger partial charge is 0.407 e. The molecule has 1 aliphatic heterocycles. The predicted molar refractivity (Wildman–Crippen MR) is 50.8 cm³/mol. The van der Waals surface area contributed by atoms with Crippen LogP contribution in [-0.4, -0.2) is 12.7 Å². The molecule has 1 aromatic rings. The van der Waals surface area contributed by atoms with Gasteiger partial charge in [0.1, 0.15) is 24.1 Å². The monoisotopic (exact) mass is 253 g/mol. The van der Waals surface area contributed by atoms with Gasteiger partial charge in [0.05, 0.1) is 6.04 Å². The Morgan fingerprint density at radius 1 is 1.25 bits per heavy atom. The molecule has 1 atom stereocenters. The molecular formula is C9H7ClF3NO2. The fourth-order valence-corrected chi connectivity index (χ4v) is 1.43. The van der Waals surface area contributed by atoms with Gasteiger partial charge in [-0.3, -0.25) is 0 Å². The summed E-state index contributed by atoms with van der Waals surface area (Å²) < 4.78 is 43.5. The van der Waals surface area contributed by atoms with E-state index in [0.717, 1.165) is 0 Å². The molecule has 0 aliphatic carbocycles. The molecule has 0 saturated carbocycles. The molecule has 0 radical (unpaired) electrons. The number of hydrogen-bond donors (Lipinski definition) is 1. The Balaban J connectivity index is 0.00000128. The summed E-state index contributed by atoms with van der Waals surface area (Å²) in [6.45, 7) is -0.168. The summed E-state index contributed by atoms with van der Waals surface area (Å²) in [6, 6.07) is 0.212. The number of carbonyl (C=O) groups is 1. The number of hydrogen-bond acceptors (Lipinski definition) is 2. The Kier molecular flexibility index (Phi) is 3.64. The topological polar surface area (TPSA) is 38.3 Å². The maximum atomic E-state index is 13.2. The van der Waals surface area contributed by atoms with Crippen LogP contribution in [0.3, 0.4) is 0 Å². The van der Waals surface area contributed by atoms with Crippen molar-refractivity contribution in [3.8, 4) is 0 Å². The van der Waals surface area contributed by atoms with Crippen LogP contribution in [0.25, 0.3) is 0 Å². The third kappa shape index (κ3) is 2.21. The molecule has 1 heterocycles. The lowest BCUT2D eigenvalue weighted by atomic mass is 10.1. The molecular weight excluding hydrogens is 247 g/mol. The molecule has 7 heteroatoms. The molecule has 1 fully saturated rings. The summed E-state index contributed by atoms with van der Waals surface area (Å²) in [6.07, 6.45) is -0.747. The second-order valence-corrected chi connectivity index (χ2v) is 3.08. The Morgan fingerprint density at radius 3 is 2.25 bits per heavy atom. The van der Waals surface area contributed by atoms with Gasteiger partial charge in [0.2, 0.25) is 0 Å². The third-order valence-corrected chi connectivity index (χ3v) is 2.07. The lowest BCUT2D eigenvalue weighted by Crippen LogP contribution is -2.20. The number of alkyl carbamates (subject to hydrolysis) is 1. The number of carbonyl (C=O) groups excluding carboxylic acids is 1. The van der Waals surface area contributed by atoms with Crippen molar-refractivity contribution in [3.05, 3.63) is 35.1 Å². The molecule has 3 nitrogen and oxygen atoms in total. The zero-order valence-electron chi connectivity index (χ0n) is 7.80. The van der Waals surface area contributed by atoms with Gasteiger partial charge in [-0.1, -0.05) is 0 Å². The van der Waals surface area contributed by atoms with Crippen LogP contribution in [0.15, 0.2) is 12.1 Å². The van der Waals surface area contributed by atoms with E-state index >= 15 is 0 Å². The molecule has 0 unspecified atom stereocenters. The fourth-order valence-electron chi connectivity index (χ4n) is 1.43. The second kappa shape index (κ2) is 4.61. The van der Waals surface area contributed by atoms with Crippen LogP contribution in [0.4, 0.5) is 18.0 Å². The maximum absolute atomic E-state index is 13.2. The molecule has 1 amide bonds. The summed E-state index contributed by atoms with van der Waals surface area (Å²) in [5.41, 5.74) is -0.387. The van der Waals surface area contributed by atoms with E-state index in [-0.39, 0.29) is 24.6 Å². The van der Waals surface area contributed by atoms with Gasteiger partial charge >= 0.3 is 6.09 Å². The Hall–Kier alpha value is -1.43. The number of amides is 1. The molecule has 0 aromatic heterocycles. The molecule has 0 bridgehead atoms. The Labute approximate surface area is 95.0 Å². The minimum absolute atomic E-state index is 0. The van der Waals surface area contributed by atoms with Crippen LogP contribution in [0.1, 0.15) is 11.6 Å². The first-order valence-corrected chi connectivity index (χ1v) is 4.15. The molecule has 1 saturated heterocycles. The van der Waals surface area contributed by atoms with Gasteiger partial charge in [0.25, 0.3) is 0 Å². The highest BCUT2D eigenvalue weighted by Crippen LogP contribution is 2.24. The van der Waals surface area contributed by atoms with Crippen molar-refractivity contribution in [1.82, 2.24) is 5.32 Å². The van der Waals surface area contributed by atoms with Crippen molar-refractivity contribution >= 4 is 18.5 Å². The number of nitrogens with one attached hydrogen (secondary N) is 1. The Morgan fingerprint density at radius 2 is 1.81 bits per heavy atom. The highest BCUT2D eigenvalue weighted by Gasteiger charge is 2.29. The molecule has 1 aliphatic rings. The van der Waals surface area contributed by atoms with E-state index in [4.69, 9.17) is 0 Å². The van der Waals surface area contributed by atoms with Crippen molar-refractivity contribution < 1.29 is 22.7 Å². The van der Waals surface area contributed by atoms with E-state index in [1.165, 1.54) is 0 Å². The second-order valence-electron chi connectivity index (χ2n) is 3.08. The standard InChI is InChI=1S/C9H6F3NO2.ClH/c10-4-1-5(11)8(6(12)2-4)7-3-15-9(14)13-7;/h1-2,7H,3H2,(H,13,14);1H/t7-;/m0./s1.